The van der Waals surface area contributed by atoms with Gasteiger partial charge in [0.15, 0.2) is 10.7 Å². The number of carbonyl (C=O) groups excluding carboxylic acids is 1. The highest BCUT2D eigenvalue weighted by molar-refractivity contribution is 7.80. The van der Waals surface area contributed by atoms with Gasteiger partial charge in [0.1, 0.15) is 12.4 Å². The van der Waals surface area contributed by atoms with E-state index in [0.717, 1.165) is 61.2 Å². The lowest BCUT2D eigenvalue weighted by molar-refractivity contribution is -0.139. The van der Waals surface area contributed by atoms with Crippen LogP contribution in [0.3, 0.4) is 0 Å². The number of nitrogens with one attached hydrogen (secondary N) is 1. The molecule has 1 aromatic rings. The van der Waals surface area contributed by atoms with Gasteiger partial charge in [0.25, 0.3) is 12.3 Å². The van der Waals surface area contributed by atoms with E-state index in [2.05, 4.69) is 5.32 Å². The molecule has 3 fully saturated rings. The Bertz CT molecular complexity index is 931. The number of carbonyl (C=O) groups is 1. The number of thiocarbonyl (C=S) groups is 1. The molecule has 2 atom stereocenters. The van der Waals surface area contributed by atoms with Crippen LogP contribution in [0.25, 0.3) is 0 Å². The maximum atomic E-state index is 13.9. The number of fused-ring (bicyclic) bond motifs is 3. The molecule has 0 radical (unpaired) electrons. The van der Waals surface area contributed by atoms with Crippen LogP contribution in [0.5, 0.6) is 5.75 Å². The molecule has 2 aliphatic carbocycles. The summed E-state index contributed by atoms with van der Waals surface area (Å²) in [5.74, 6) is 0.276. The molecule has 2 spiro atoms. The van der Waals surface area contributed by atoms with Crippen molar-refractivity contribution in [2.24, 2.45) is 5.41 Å². The minimum absolute atomic E-state index is 0.0724. The summed E-state index contributed by atoms with van der Waals surface area (Å²) < 4.78 is 43.9. The quantitative estimate of drug-likeness (QED) is 0.629. The number of hydrogen-bond donors (Lipinski definition) is 1. The first-order chi connectivity index (χ1) is 15.9. The second kappa shape index (κ2) is 8.74. The molecule has 9 heteroatoms. The monoisotopic (exact) mass is 480 g/mol. The third-order valence-electron chi connectivity index (χ3n) is 7.92. The smallest absolute Gasteiger partial charge is 0.259 e. The summed E-state index contributed by atoms with van der Waals surface area (Å²) in [6.07, 6.45) is 3.35. The molecule has 2 saturated heterocycles. The van der Waals surface area contributed by atoms with E-state index in [0.29, 0.717) is 18.8 Å². The number of nitrogens with zero attached hydrogens (tertiary/aromatic N) is 1. The van der Waals surface area contributed by atoms with Gasteiger partial charge >= 0.3 is 0 Å². The van der Waals surface area contributed by atoms with Gasteiger partial charge in [0, 0.05) is 19.1 Å². The fraction of sp³-hybridized carbons (Fsp3) is 0.667. The predicted molar refractivity (Wildman–Crippen MR) is 121 cm³/mol. The van der Waals surface area contributed by atoms with Crippen LogP contribution in [0, 0.1) is 5.41 Å². The van der Waals surface area contributed by atoms with Crippen LogP contribution in [0.1, 0.15) is 49.7 Å². The zero-order valence-corrected chi connectivity index (χ0v) is 19.6. The molecule has 6 nitrogen and oxygen atoms in total. The third-order valence-corrected chi connectivity index (χ3v) is 8.24. The minimum atomic E-state index is -2.66. The Morgan fingerprint density at radius 2 is 2.09 bits per heavy atom. The van der Waals surface area contributed by atoms with Gasteiger partial charge in [0.05, 0.1) is 18.8 Å². The van der Waals surface area contributed by atoms with Crippen LogP contribution in [0.4, 0.5) is 8.78 Å². The zero-order chi connectivity index (χ0) is 23.2. The molecule has 4 aliphatic rings. The third kappa shape index (κ3) is 3.72. The molecule has 2 heterocycles. The Morgan fingerprint density at radius 1 is 1.30 bits per heavy atom. The van der Waals surface area contributed by atoms with Gasteiger partial charge < -0.3 is 19.5 Å². The van der Waals surface area contributed by atoms with Crippen molar-refractivity contribution < 1.29 is 27.8 Å². The normalized spacial score (nSPS) is 33.4. The van der Waals surface area contributed by atoms with E-state index in [4.69, 9.17) is 26.4 Å². The van der Waals surface area contributed by atoms with Crippen molar-refractivity contribution in [3.05, 3.63) is 29.3 Å². The molecule has 0 bridgehead atoms. The van der Waals surface area contributed by atoms with Crippen molar-refractivity contribution in [2.75, 3.05) is 26.9 Å². The Labute approximate surface area is 197 Å². The summed E-state index contributed by atoms with van der Waals surface area (Å²) in [6, 6.07) is 5.84. The molecule has 1 N–H and O–H groups in total. The van der Waals surface area contributed by atoms with Crippen LogP contribution >= 0.6 is 12.2 Å². The number of ether oxygens (including phenoxy) is 3. The summed E-state index contributed by atoms with van der Waals surface area (Å²) in [5.41, 5.74) is 0.233. The number of amides is 1. The maximum Gasteiger partial charge on any atom is 0.259 e. The molecule has 1 saturated carbocycles. The molecule has 2 unspecified atom stereocenters. The van der Waals surface area contributed by atoms with Crippen LogP contribution in [0.2, 0.25) is 0 Å². The molecule has 33 heavy (non-hydrogen) atoms. The Morgan fingerprint density at radius 3 is 2.76 bits per heavy atom. The van der Waals surface area contributed by atoms with Crippen LogP contribution in [0.15, 0.2) is 18.2 Å². The summed E-state index contributed by atoms with van der Waals surface area (Å²) >= 11 is 5.42. The average molecular weight is 481 g/mol. The van der Waals surface area contributed by atoms with Gasteiger partial charge in [-0.15, -0.1) is 0 Å². The van der Waals surface area contributed by atoms with Gasteiger partial charge in [-0.25, -0.2) is 8.78 Å². The number of rotatable bonds is 6. The Kier molecular flexibility index (Phi) is 6.07. The predicted octanol–water partition coefficient (Wildman–Crippen LogP) is 3.55. The van der Waals surface area contributed by atoms with Gasteiger partial charge in [-0.2, -0.15) is 0 Å². The highest BCUT2D eigenvalue weighted by Crippen LogP contribution is 2.60. The van der Waals surface area contributed by atoms with E-state index >= 15 is 0 Å². The van der Waals surface area contributed by atoms with Gasteiger partial charge in [-0.05, 0) is 80.4 Å². The lowest BCUT2D eigenvalue weighted by Crippen LogP contribution is -2.56. The van der Waals surface area contributed by atoms with E-state index in [-0.39, 0.29) is 23.2 Å². The van der Waals surface area contributed by atoms with Crippen molar-refractivity contribution >= 4 is 23.2 Å². The van der Waals surface area contributed by atoms with Crippen LogP contribution < -0.4 is 10.1 Å². The molecule has 2 aliphatic heterocycles. The first kappa shape index (κ1) is 22.9. The Balaban J connectivity index is 1.51. The molecule has 1 amide bonds. The van der Waals surface area contributed by atoms with E-state index in [1.807, 2.05) is 18.2 Å². The van der Waals surface area contributed by atoms with E-state index in [1.54, 1.807) is 7.11 Å². The summed E-state index contributed by atoms with van der Waals surface area (Å²) in [4.78, 5) is 14.9. The van der Waals surface area contributed by atoms with E-state index in [1.165, 1.54) is 0 Å². The highest BCUT2D eigenvalue weighted by Gasteiger charge is 2.67. The lowest BCUT2D eigenvalue weighted by atomic mass is 9.61. The number of alkyl halides is 2. The molecule has 5 rings (SSSR count). The van der Waals surface area contributed by atoms with Crippen molar-refractivity contribution in [3.8, 4) is 5.75 Å². The molecule has 1 aromatic carbocycles. The molecule has 180 valence electrons. The van der Waals surface area contributed by atoms with Crippen molar-refractivity contribution in [1.29, 1.82) is 0 Å². The number of benzene rings is 1. The minimum Gasteiger partial charge on any atom is -0.491 e. The van der Waals surface area contributed by atoms with Crippen LogP contribution in [-0.2, 0) is 26.2 Å². The lowest BCUT2D eigenvalue weighted by Gasteiger charge is -2.46. The zero-order valence-electron chi connectivity index (χ0n) is 18.8. The summed E-state index contributed by atoms with van der Waals surface area (Å²) in [7, 11) is 1.71. The van der Waals surface area contributed by atoms with Crippen molar-refractivity contribution in [2.45, 2.75) is 69.1 Å². The fourth-order valence-corrected chi connectivity index (χ4v) is 6.56. The largest absolute Gasteiger partial charge is 0.491 e. The van der Waals surface area contributed by atoms with Gasteiger partial charge in [0.2, 0.25) is 0 Å². The number of halogens is 2. The topological polar surface area (TPSA) is 60.0 Å². The van der Waals surface area contributed by atoms with E-state index < -0.39 is 23.9 Å². The average Bonchev–Trinajstić information content (AvgIpc) is 3.47. The molecular weight excluding hydrogens is 450 g/mol. The van der Waals surface area contributed by atoms with Crippen molar-refractivity contribution in [3.63, 3.8) is 0 Å². The molecular formula is C24H30F2N2O4S. The fourth-order valence-electron chi connectivity index (χ4n) is 6.25. The SMILES string of the molecule is COC1CCC2(CC1)Cc1ccc(OCC3CCCO3)cc1C21NC(=S)N(CC(F)F)C1=O. The summed E-state index contributed by atoms with van der Waals surface area (Å²) in [5, 5.41) is 3.34. The Hall–Kier alpha value is -1.84. The second-order valence-corrected chi connectivity index (χ2v) is 10.0. The standard InChI is InChI=1S/C24H30F2N2O4S/c1-30-16-6-8-23(9-7-16)12-15-4-5-17(32-14-18-3-2-10-31-18)11-19(15)24(23)21(29)28(13-20(25)26)22(33)27-24/h4-5,11,16,18,20H,2-3,6-10,12-14H2,1H3,(H,27,33). The number of hydrogen-bond acceptors (Lipinski definition) is 5. The van der Waals surface area contributed by atoms with Crippen LogP contribution in [-0.4, -0.2) is 61.4 Å². The van der Waals surface area contributed by atoms with Gasteiger partial charge in [-0.3, -0.25) is 9.69 Å². The second-order valence-electron chi connectivity index (χ2n) is 9.64. The first-order valence-corrected chi connectivity index (χ1v) is 12.1. The highest BCUT2D eigenvalue weighted by atomic mass is 32.1. The summed E-state index contributed by atoms with van der Waals surface area (Å²) in [6.45, 7) is 0.500. The maximum absolute atomic E-state index is 13.9. The first-order valence-electron chi connectivity index (χ1n) is 11.7. The molecule has 0 aromatic heterocycles. The van der Waals surface area contributed by atoms with Gasteiger partial charge in [-0.1, -0.05) is 6.07 Å². The number of methoxy groups -OCH3 is 1. The van der Waals surface area contributed by atoms with Crippen molar-refractivity contribution in [1.82, 2.24) is 10.2 Å². The van der Waals surface area contributed by atoms with E-state index in [9.17, 15) is 13.6 Å².